The predicted molar refractivity (Wildman–Crippen MR) is 104 cm³/mol. The average Bonchev–Trinajstić information content (AvgIpc) is 2.63. The molecule has 0 unspecified atom stereocenters. The summed E-state index contributed by atoms with van der Waals surface area (Å²) in [6, 6.07) is 19.2. The molecule has 2 aromatic rings. The van der Waals surface area contributed by atoms with Gasteiger partial charge in [-0.2, -0.15) is 0 Å². The van der Waals surface area contributed by atoms with Gasteiger partial charge < -0.3 is 14.8 Å². The minimum atomic E-state index is -0.590. The molecule has 0 bridgehead atoms. The highest BCUT2D eigenvalue weighted by Crippen LogP contribution is 2.13. The highest BCUT2D eigenvalue weighted by molar-refractivity contribution is 5.74. The van der Waals surface area contributed by atoms with Crippen molar-refractivity contribution in [3.8, 4) is 0 Å². The largest absolute Gasteiger partial charge is 0.461 e. The van der Waals surface area contributed by atoms with E-state index < -0.39 is 17.6 Å². The topological polar surface area (TPSA) is 64.6 Å². The van der Waals surface area contributed by atoms with Crippen molar-refractivity contribution < 1.29 is 19.1 Å². The molecule has 1 amide bonds. The Morgan fingerprint density at radius 3 is 2.04 bits per heavy atom. The van der Waals surface area contributed by atoms with E-state index in [9.17, 15) is 9.59 Å². The van der Waals surface area contributed by atoms with Gasteiger partial charge in [-0.25, -0.2) is 4.79 Å². The molecule has 2 rings (SSSR count). The normalized spacial score (nSPS) is 12.1. The summed E-state index contributed by atoms with van der Waals surface area (Å²) >= 11 is 0. The van der Waals surface area contributed by atoms with Gasteiger partial charge in [0.05, 0.1) is 5.92 Å². The second kappa shape index (κ2) is 9.76. The minimum absolute atomic E-state index is 0.150. The molecule has 0 saturated carbocycles. The fourth-order valence-corrected chi connectivity index (χ4v) is 2.50. The first-order chi connectivity index (χ1) is 12.8. The van der Waals surface area contributed by atoms with Crippen molar-refractivity contribution in [3.63, 3.8) is 0 Å². The Hall–Kier alpha value is -2.82. The quantitative estimate of drug-likeness (QED) is 0.746. The smallest absolute Gasteiger partial charge is 0.407 e. The fraction of sp³-hybridized carbons (Fsp3) is 0.364. The van der Waals surface area contributed by atoms with Gasteiger partial charge in [0.15, 0.2) is 0 Å². The van der Waals surface area contributed by atoms with Crippen LogP contribution < -0.4 is 5.32 Å². The Bertz CT molecular complexity index is 723. The first-order valence-electron chi connectivity index (χ1n) is 9.05. The van der Waals surface area contributed by atoms with Crippen LogP contribution in [0.3, 0.4) is 0 Å². The zero-order chi connectivity index (χ0) is 19.7. The van der Waals surface area contributed by atoms with Crippen molar-refractivity contribution in [3.05, 3.63) is 71.8 Å². The number of esters is 1. The molecule has 5 nitrogen and oxygen atoms in total. The van der Waals surface area contributed by atoms with Gasteiger partial charge in [0, 0.05) is 6.54 Å². The lowest BCUT2D eigenvalue weighted by Crippen LogP contribution is -2.38. The van der Waals surface area contributed by atoms with E-state index in [-0.39, 0.29) is 19.1 Å². The third-order valence-corrected chi connectivity index (χ3v) is 3.77. The summed E-state index contributed by atoms with van der Waals surface area (Å²) < 4.78 is 10.7. The van der Waals surface area contributed by atoms with Crippen molar-refractivity contribution in [2.75, 3.05) is 6.54 Å². The molecule has 1 atom stereocenters. The zero-order valence-corrected chi connectivity index (χ0v) is 16.1. The minimum Gasteiger partial charge on any atom is -0.461 e. The molecular weight excluding hydrogens is 342 g/mol. The van der Waals surface area contributed by atoms with Crippen LogP contribution in [0.15, 0.2) is 60.7 Å². The first-order valence-corrected chi connectivity index (χ1v) is 9.05. The second-order valence-corrected chi connectivity index (χ2v) is 7.36. The van der Waals surface area contributed by atoms with Crippen LogP contribution in [0.5, 0.6) is 0 Å². The maximum Gasteiger partial charge on any atom is 0.407 e. The SMILES string of the molecule is CC(C)(C)OC(=O)NC[C@H](Cc1ccccc1)C(=O)OCc1ccccc1. The van der Waals surface area contributed by atoms with Crippen molar-refractivity contribution in [2.24, 2.45) is 5.92 Å². The third-order valence-electron chi connectivity index (χ3n) is 3.77. The lowest BCUT2D eigenvalue weighted by atomic mass is 9.99. The summed E-state index contributed by atoms with van der Waals surface area (Å²) in [5.74, 6) is -0.845. The molecule has 0 aromatic heterocycles. The number of hydrogen-bond acceptors (Lipinski definition) is 4. The van der Waals surface area contributed by atoms with Crippen LogP contribution >= 0.6 is 0 Å². The molecule has 5 heteroatoms. The van der Waals surface area contributed by atoms with Crippen LogP contribution in [-0.4, -0.2) is 24.2 Å². The van der Waals surface area contributed by atoms with Gasteiger partial charge in [-0.05, 0) is 38.3 Å². The van der Waals surface area contributed by atoms with E-state index >= 15 is 0 Å². The van der Waals surface area contributed by atoms with Gasteiger partial charge in [-0.3, -0.25) is 4.79 Å². The van der Waals surface area contributed by atoms with Gasteiger partial charge in [-0.1, -0.05) is 60.7 Å². The van der Waals surface area contributed by atoms with Gasteiger partial charge in [0.1, 0.15) is 12.2 Å². The molecule has 0 saturated heterocycles. The number of carbonyl (C=O) groups is 2. The van der Waals surface area contributed by atoms with Gasteiger partial charge in [0.2, 0.25) is 0 Å². The van der Waals surface area contributed by atoms with E-state index in [4.69, 9.17) is 9.47 Å². The second-order valence-electron chi connectivity index (χ2n) is 7.36. The molecule has 1 N–H and O–H groups in total. The van der Waals surface area contributed by atoms with Gasteiger partial charge >= 0.3 is 12.1 Å². The molecule has 0 heterocycles. The van der Waals surface area contributed by atoms with Crippen molar-refractivity contribution >= 4 is 12.1 Å². The molecule has 2 aromatic carbocycles. The van der Waals surface area contributed by atoms with Crippen LogP contribution in [0.4, 0.5) is 4.79 Å². The molecule has 0 aliphatic carbocycles. The van der Waals surface area contributed by atoms with Gasteiger partial charge in [0.25, 0.3) is 0 Å². The summed E-state index contributed by atoms with van der Waals surface area (Å²) in [6.07, 6.45) is -0.0685. The van der Waals surface area contributed by atoms with Crippen LogP contribution in [0.1, 0.15) is 31.9 Å². The summed E-state index contributed by atoms with van der Waals surface area (Å²) in [4.78, 5) is 24.5. The molecule has 0 fully saturated rings. The van der Waals surface area contributed by atoms with Crippen molar-refractivity contribution in [2.45, 2.75) is 39.4 Å². The number of hydrogen-bond donors (Lipinski definition) is 1. The predicted octanol–water partition coefficient (Wildman–Crippen LogP) is 4.11. The van der Waals surface area contributed by atoms with Crippen LogP contribution in [0.25, 0.3) is 0 Å². The monoisotopic (exact) mass is 369 g/mol. The Balaban J connectivity index is 1.97. The van der Waals surface area contributed by atoms with E-state index in [2.05, 4.69) is 5.32 Å². The molecule has 0 radical (unpaired) electrons. The lowest BCUT2D eigenvalue weighted by Gasteiger charge is -2.21. The highest BCUT2D eigenvalue weighted by atomic mass is 16.6. The summed E-state index contributed by atoms with van der Waals surface area (Å²) in [6.45, 7) is 5.74. The Kier molecular flexibility index (Phi) is 7.41. The molecule has 0 spiro atoms. The van der Waals surface area contributed by atoms with Crippen LogP contribution in [0, 0.1) is 5.92 Å². The first kappa shape index (κ1) is 20.5. The highest BCUT2D eigenvalue weighted by Gasteiger charge is 2.23. The number of nitrogens with one attached hydrogen (secondary N) is 1. The zero-order valence-electron chi connectivity index (χ0n) is 16.1. The fourth-order valence-electron chi connectivity index (χ4n) is 2.50. The standard InChI is InChI=1S/C22H27NO4/c1-22(2,3)27-21(25)23-15-19(14-17-10-6-4-7-11-17)20(24)26-16-18-12-8-5-9-13-18/h4-13,19H,14-16H2,1-3H3,(H,23,25)/t19-/m0/s1. The Labute approximate surface area is 160 Å². The molecule has 0 aliphatic rings. The van der Waals surface area contributed by atoms with Crippen LogP contribution in [-0.2, 0) is 27.3 Å². The lowest BCUT2D eigenvalue weighted by molar-refractivity contribution is -0.149. The third kappa shape index (κ3) is 7.94. The van der Waals surface area contributed by atoms with E-state index in [1.807, 2.05) is 60.7 Å². The number of rotatable bonds is 7. The van der Waals surface area contributed by atoms with E-state index in [1.165, 1.54) is 0 Å². The van der Waals surface area contributed by atoms with Gasteiger partial charge in [-0.15, -0.1) is 0 Å². The number of ether oxygens (including phenoxy) is 2. The summed E-state index contributed by atoms with van der Waals surface area (Å²) in [7, 11) is 0. The average molecular weight is 369 g/mol. The number of alkyl carbamates (subject to hydrolysis) is 1. The summed E-state index contributed by atoms with van der Waals surface area (Å²) in [5.41, 5.74) is 1.34. The number of amides is 1. The molecule has 0 aliphatic heterocycles. The number of benzene rings is 2. The number of carbonyl (C=O) groups excluding carboxylic acids is 2. The maximum atomic E-state index is 12.6. The molecule has 27 heavy (non-hydrogen) atoms. The Morgan fingerprint density at radius 1 is 0.926 bits per heavy atom. The van der Waals surface area contributed by atoms with Crippen LogP contribution in [0.2, 0.25) is 0 Å². The van der Waals surface area contributed by atoms with E-state index in [0.29, 0.717) is 6.42 Å². The molecule has 144 valence electrons. The van der Waals surface area contributed by atoms with E-state index in [1.54, 1.807) is 20.8 Å². The van der Waals surface area contributed by atoms with Crippen molar-refractivity contribution in [1.82, 2.24) is 5.32 Å². The van der Waals surface area contributed by atoms with E-state index in [0.717, 1.165) is 11.1 Å². The maximum absolute atomic E-state index is 12.6. The molecular formula is C22H27NO4. The Morgan fingerprint density at radius 2 is 1.48 bits per heavy atom. The summed E-state index contributed by atoms with van der Waals surface area (Å²) in [5, 5.41) is 2.68. The van der Waals surface area contributed by atoms with Crippen molar-refractivity contribution in [1.29, 1.82) is 0 Å².